The van der Waals surface area contributed by atoms with E-state index in [-0.39, 0.29) is 5.41 Å². The third kappa shape index (κ3) is 4.10. The van der Waals surface area contributed by atoms with Gasteiger partial charge in [-0.05, 0) is 36.4 Å². The molecule has 104 valence electrons. The molecular weight excluding hydrogens is 238 g/mol. The molecule has 0 fully saturated rings. The fraction of sp³-hybridized carbons (Fsp3) is 0.750. The highest BCUT2D eigenvalue weighted by Crippen LogP contribution is 2.35. The average molecular weight is 267 g/mol. The van der Waals surface area contributed by atoms with Crippen LogP contribution in [-0.2, 0) is 5.41 Å². The summed E-state index contributed by atoms with van der Waals surface area (Å²) < 4.78 is 0. The Bertz CT molecular complexity index is 348. The molecule has 0 amide bonds. The van der Waals surface area contributed by atoms with Crippen LogP contribution in [0.4, 0.5) is 0 Å². The van der Waals surface area contributed by atoms with Gasteiger partial charge in [-0.2, -0.15) is 0 Å². The number of nitrogens with one attached hydrogen (secondary N) is 1. The van der Waals surface area contributed by atoms with Gasteiger partial charge in [0.1, 0.15) is 0 Å². The van der Waals surface area contributed by atoms with E-state index in [2.05, 4.69) is 59.0 Å². The molecule has 1 rings (SSSR count). The van der Waals surface area contributed by atoms with Gasteiger partial charge in [0.05, 0.1) is 0 Å². The van der Waals surface area contributed by atoms with E-state index in [1.54, 1.807) is 0 Å². The SMILES string of the molecule is CCCC(C)C(NCC)c1ccc(C(C)(C)C)s1. The van der Waals surface area contributed by atoms with Crippen LogP contribution in [0.5, 0.6) is 0 Å². The molecule has 1 aromatic rings. The van der Waals surface area contributed by atoms with Crippen molar-refractivity contribution in [2.24, 2.45) is 5.92 Å². The van der Waals surface area contributed by atoms with E-state index in [0.29, 0.717) is 12.0 Å². The van der Waals surface area contributed by atoms with Gasteiger partial charge in [0.25, 0.3) is 0 Å². The van der Waals surface area contributed by atoms with E-state index in [4.69, 9.17) is 0 Å². The summed E-state index contributed by atoms with van der Waals surface area (Å²) in [6.45, 7) is 14.8. The maximum Gasteiger partial charge on any atom is 0.0440 e. The highest BCUT2D eigenvalue weighted by molar-refractivity contribution is 7.12. The molecule has 0 aliphatic rings. The minimum Gasteiger partial charge on any atom is -0.309 e. The molecule has 1 aromatic heterocycles. The zero-order valence-corrected chi connectivity index (χ0v) is 13.7. The summed E-state index contributed by atoms with van der Waals surface area (Å²) in [6.07, 6.45) is 2.56. The van der Waals surface area contributed by atoms with Gasteiger partial charge in [0.2, 0.25) is 0 Å². The van der Waals surface area contributed by atoms with Gasteiger partial charge in [-0.15, -0.1) is 11.3 Å². The lowest BCUT2D eigenvalue weighted by atomic mass is 9.94. The molecule has 2 unspecified atom stereocenters. The van der Waals surface area contributed by atoms with Crippen molar-refractivity contribution in [3.63, 3.8) is 0 Å². The van der Waals surface area contributed by atoms with E-state index in [0.717, 1.165) is 6.54 Å². The van der Waals surface area contributed by atoms with Crippen LogP contribution in [0.3, 0.4) is 0 Å². The van der Waals surface area contributed by atoms with Crippen LogP contribution < -0.4 is 5.32 Å². The zero-order valence-electron chi connectivity index (χ0n) is 12.8. The monoisotopic (exact) mass is 267 g/mol. The minimum atomic E-state index is 0.272. The first-order valence-electron chi connectivity index (χ1n) is 7.23. The molecular formula is C16H29NS. The lowest BCUT2D eigenvalue weighted by Gasteiger charge is -2.24. The van der Waals surface area contributed by atoms with E-state index in [1.807, 2.05) is 11.3 Å². The molecule has 2 atom stereocenters. The average Bonchev–Trinajstić information content (AvgIpc) is 2.74. The quantitative estimate of drug-likeness (QED) is 0.753. The maximum atomic E-state index is 3.66. The first-order valence-corrected chi connectivity index (χ1v) is 8.05. The summed E-state index contributed by atoms with van der Waals surface area (Å²) in [7, 11) is 0. The fourth-order valence-electron chi connectivity index (χ4n) is 2.35. The van der Waals surface area contributed by atoms with Gasteiger partial charge in [-0.1, -0.05) is 48.0 Å². The van der Waals surface area contributed by atoms with E-state index in [9.17, 15) is 0 Å². The highest BCUT2D eigenvalue weighted by Gasteiger charge is 2.22. The first kappa shape index (κ1) is 15.7. The standard InChI is InChI=1S/C16H29NS/c1-7-9-12(3)15(17-8-2)13-10-11-14(18-13)16(4,5)6/h10-12,15,17H,7-9H2,1-6H3. The minimum absolute atomic E-state index is 0.272. The molecule has 1 heterocycles. The summed E-state index contributed by atoms with van der Waals surface area (Å²) in [5.74, 6) is 0.710. The van der Waals surface area contributed by atoms with Crippen molar-refractivity contribution in [2.75, 3.05) is 6.54 Å². The van der Waals surface area contributed by atoms with Crippen molar-refractivity contribution in [1.82, 2.24) is 5.32 Å². The molecule has 0 spiro atoms. The van der Waals surface area contributed by atoms with Crippen LogP contribution in [0.15, 0.2) is 12.1 Å². The van der Waals surface area contributed by atoms with Crippen molar-refractivity contribution >= 4 is 11.3 Å². The Morgan fingerprint density at radius 3 is 2.33 bits per heavy atom. The fourth-order valence-corrected chi connectivity index (χ4v) is 3.62. The van der Waals surface area contributed by atoms with Gasteiger partial charge in [-0.25, -0.2) is 0 Å². The second-order valence-corrected chi connectivity index (χ2v) is 7.37. The summed E-state index contributed by atoms with van der Waals surface area (Å²) >= 11 is 1.98. The van der Waals surface area contributed by atoms with Crippen molar-refractivity contribution < 1.29 is 0 Å². The molecule has 0 aliphatic carbocycles. The van der Waals surface area contributed by atoms with Gasteiger partial charge >= 0.3 is 0 Å². The van der Waals surface area contributed by atoms with Gasteiger partial charge in [0, 0.05) is 15.8 Å². The number of thiophene rings is 1. The Hall–Kier alpha value is -0.340. The van der Waals surface area contributed by atoms with Gasteiger partial charge < -0.3 is 5.32 Å². The van der Waals surface area contributed by atoms with Crippen LogP contribution in [0.25, 0.3) is 0 Å². The molecule has 1 N–H and O–H groups in total. The van der Waals surface area contributed by atoms with Gasteiger partial charge in [-0.3, -0.25) is 0 Å². The molecule has 18 heavy (non-hydrogen) atoms. The third-order valence-corrected chi connectivity index (χ3v) is 5.00. The predicted molar refractivity (Wildman–Crippen MR) is 83.5 cm³/mol. The van der Waals surface area contributed by atoms with E-state index < -0.39 is 0 Å². The largest absolute Gasteiger partial charge is 0.309 e. The number of rotatable bonds is 6. The third-order valence-electron chi connectivity index (χ3n) is 3.41. The molecule has 0 saturated heterocycles. The van der Waals surface area contributed by atoms with Crippen molar-refractivity contribution in [3.8, 4) is 0 Å². The van der Waals surface area contributed by atoms with Crippen LogP contribution in [-0.4, -0.2) is 6.54 Å². The second-order valence-electron chi connectivity index (χ2n) is 6.25. The summed E-state index contributed by atoms with van der Waals surface area (Å²) in [5.41, 5.74) is 0.272. The molecule has 0 aromatic carbocycles. The Morgan fingerprint density at radius 2 is 1.89 bits per heavy atom. The Labute approximate surface area is 117 Å². The maximum absolute atomic E-state index is 3.66. The van der Waals surface area contributed by atoms with E-state index >= 15 is 0 Å². The molecule has 0 saturated carbocycles. The van der Waals surface area contributed by atoms with Crippen LogP contribution >= 0.6 is 11.3 Å². The smallest absolute Gasteiger partial charge is 0.0440 e. The lowest BCUT2D eigenvalue weighted by Crippen LogP contribution is -2.26. The topological polar surface area (TPSA) is 12.0 Å². The van der Waals surface area contributed by atoms with Crippen LogP contribution in [0.1, 0.15) is 70.2 Å². The van der Waals surface area contributed by atoms with Crippen molar-refractivity contribution in [1.29, 1.82) is 0 Å². The molecule has 0 radical (unpaired) electrons. The van der Waals surface area contributed by atoms with Crippen LogP contribution in [0, 0.1) is 5.92 Å². The Balaban J connectivity index is 2.89. The number of hydrogen-bond acceptors (Lipinski definition) is 2. The predicted octanol–water partition coefficient (Wildman–Crippen LogP) is 5.13. The normalized spacial score (nSPS) is 15.7. The number of hydrogen-bond donors (Lipinski definition) is 1. The lowest BCUT2D eigenvalue weighted by molar-refractivity contribution is 0.374. The molecule has 0 aliphatic heterocycles. The second kappa shape index (κ2) is 6.72. The zero-order chi connectivity index (χ0) is 13.8. The Morgan fingerprint density at radius 1 is 1.22 bits per heavy atom. The van der Waals surface area contributed by atoms with E-state index in [1.165, 1.54) is 22.6 Å². The summed E-state index contributed by atoms with van der Waals surface area (Å²) in [4.78, 5) is 2.99. The van der Waals surface area contributed by atoms with Crippen molar-refractivity contribution in [2.45, 2.75) is 65.8 Å². The molecule has 1 nitrogen and oxygen atoms in total. The summed E-state index contributed by atoms with van der Waals surface area (Å²) in [6, 6.07) is 5.16. The van der Waals surface area contributed by atoms with Gasteiger partial charge in [0.15, 0.2) is 0 Å². The summed E-state index contributed by atoms with van der Waals surface area (Å²) in [5, 5.41) is 3.66. The van der Waals surface area contributed by atoms with Crippen molar-refractivity contribution in [3.05, 3.63) is 21.9 Å². The Kier molecular flexibility index (Phi) is 5.87. The highest BCUT2D eigenvalue weighted by atomic mass is 32.1. The molecule has 0 bridgehead atoms. The first-order chi connectivity index (χ1) is 8.40. The van der Waals surface area contributed by atoms with Crippen LogP contribution in [0.2, 0.25) is 0 Å². The molecule has 2 heteroatoms.